The van der Waals surface area contributed by atoms with Crippen LogP contribution in [-0.4, -0.2) is 36.4 Å². The van der Waals surface area contributed by atoms with Gasteiger partial charge >= 0.3 is 0 Å². The van der Waals surface area contributed by atoms with Crippen molar-refractivity contribution < 1.29 is 14.3 Å². The van der Waals surface area contributed by atoms with Crippen molar-refractivity contribution in [2.45, 2.75) is 64.0 Å². The van der Waals surface area contributed by atoms with Gasteiger partial charge in [-0.2, -0.15) is 0 Å². The van der Waals surface area contributed by atoms with Crippen LogP contribution >= 0.6 is 0 Å². The van der Waals surface area contributed by atoms with Crippen molar-refractivity contribution in [3.63, 3.8) is 0 Å². The Hall–Kier alpha value is -3.86. The van der Waals surface area contributed by atoms with Crippen molar-refractivity contribution in [2.24, 2.45) is 0 Å². The van der Waals surface area contributed by atoms with E-state index in [2.05, 4.69) is 11.4 Å². The van der Waals surface area contributed by atoms with E-state index in [0.29, 0.717) is 32.4 Å². The van der Waals surface area contributed by atoms with Crippen LogP contribution in [0.4, 0.5) is 0 Å². The Labute approximate surface area is 232 Å². The lowest BCUT2D eigenvalue weighted by molar-refractivity contribution is -0.141. The molecule has 0 aliphatic heterocycles. The predicted molar refractivity (Wildman–Crippen MR) is 156 cm³/mol. The van der Waals surface area contributed by atoms with Crippen molar-refractivity contribution in [3.05, 3.63) is 113 Å². The van der Waals surface area contributed by atoms with Gasteiger partial charge in [0.05, 0.1) is 7.11 Å². The molecular formula is C34H40N2O3. The molecule has 0 aromatic heterocycles. The van der Waals surface area contributed by atoms with Crippen LogP contribution < -0.4 is 10.1 Å². The maximum atomic E-state index is 13.8. The van der Waals surface area contributed by atoms with E-state index in [9.17, 15) is 9.59 Å². The molecule has 5 nitrogen and oxygen atoms in total. The highest BCUT2D eigenvalue weighted by atomic mass is 16.5. The lowest BCUT2D eigenvalue weighted by Crippen LogP contribution is -2.50. The molecule has 2 amide bonds. The molecule has 0 saturated carbocycles. The SMILES string of the molecule is COc1ccc(CN(C(=O)CCc2ccccc2)[C@H](Cc2ccccc2)C(=O)NCCC2=CCCCC2)cc1. The molecule has 0 spiro atoms. The van der Waals surface area contributed by atoms with Gasteiger partial charge in [-0.05, 0) is 67.3 Å². The van der Waals surface area contributed by atoms with Crippen molar-refractivity contribution in [3.8, 4) is 5.75 Å². The number of nitrogens with one attached hydrogen (secondary N) is 1. The van der Waals surface area contributed by atoms with E-state index in [1.54, 1.807) is 12.0 Å². The minimum absolute atomic E-state index is 0.0271. The summed E-state index contributed by atoms with van der Waals surface area (Å²) >= 11 is 0. The van der Waals surface area contributed by atoms with Gasteiger partial charge in [-0.15, -0.1) is 0 Å². The van der Waals surface area contributed by atoms with Crippen LogP contribution in [0.3, 0.4) is 0 Å². The number of benzene rings is 3. The molecule has 5 heteroatoms. The lowest BCUT2D eigenvalue weighted by atomic mass is 9.97. The molecule has 3 aromatic rings. The molecule has 204 valence electrons. The van der Waals surface area contributed by atoms with Gasteiger partial charge in [-0.25, -0.2) is 0 Å². The third-order valence-electron chi connectivity index (χ3n) is 7.38. The van der Waals surface area contributed by atoms with E-state index in [1.165, 1.54) is 18.4 Å². The van der Waals surface area contributed by atoms with Gasteiger partial charge in [0.25, 0.3) is 0 Å². The van der Waals surface area contributed by atoms with Gasteiger partial charge in [-0.1, -0.05) is 84.4 Å². The summed E-state index contributed by atoms with van der Waals surface area (Å²) in [4.78, 5) is 29.3. The van der Waals surface area contributed by atoms with E-state index in [4.69, 9.17) is 4.74 Å². The van der Waals surface area contributed by atoms with Crippen LogP contribution in [-0.2, 0) is 29.0 Å². The summed E-state index contributed by atoms with van der Waals surface area (Å²) < 4.78 is 5.32. The standard InChI is InChI=1S/C34H40N2O3/c1-39-31-20-17-30(18-21-31)26-36(33(37)22-19-27-11-5-2-6-12-27)32(25-29-15-9-4-10-16-29)34(38)35-24-23-28-13-7-3-8-14-28/h2,4-6,9-13,15-18,20-21,32H,3,7-8,14,19,22-26H2,1H3,(H,35,38)/t32-/m1/s1. The fraction of sp³-hybridized carbons (Fsp3) is 0.353. The van der Waals surface area contributed by atoms with Crippen LogP contribution in [0.2, 0.25) is 0 Å². The van der Waals surface area contributed by atoms with Crippen molar-refractivity contribution in [1.82, 2.24) is 10.2 Å². The van der Waals surface area contributed by atoms with Crippen LogP contribution in [0.5, 0.6) is 5.75 Å². The van der Waals surface area contributed by atoms with Gasteiger partial charge < -0.3 is 15.0 Å². The van der Waals surface area contributed by atoms with Crippen LogP contribution in [0.15, 0.2) is 96.6 Å². The van der Waals surface area contributed by atoms with E-state index >= 15 is 0 Å². The minimum atomic E-state index is -0.613. The van der Waals surface area contributed by atoms with Gasteiger partial charge in [0, 0.05) is 25.9 Å². The summed E-state index contributed by atoms with van der Waals surface area (Å²) in [5.41, 5.74) is 4.53. The van der Waals surface area contributed by atoms with Gasteiger partial charge in [0.1, 0.15) is 11.8 Å². The third-order valence-corrected chi connectivity index (χ3v) is 7.38. The first-order chi connectivity index (χ1) is 19.1. The van der Waals surface area contributed by atoms with Gasteiger partial charge in [-0.3, -0.25) is 9.59 Å². The van der Waals surface area contributed by atoms with Crippen LogP contribution in [0.1, 0.15) is 55.2 Å². The number of rotatable bonds is 13. The number of ether oxygens (including phenoxy) is 1. The number of carbonyl (C=O) groups is 2. The van der Waals surface area contributed by atoms with E-state index < -0.39 is 6.04 Å². The second-order valence-corrected chi connectivity index (χ2v) is 10.2. The summed E-state index contributed by atoms with van der Waals surface area (Å²) in [7, 11) is 1.64. The van der Waals surface area contributed by atoms with Crippen molar-refractivity contribution in [2.75, 3.05) is 13.7 Å². The molecule has 1 atom stereocenters. The summed E-state index contributed by atoms with van der Waals surface area (Å²) in [5, 5.41) is 3.17. The topological polar surface area (TPSA) is 58.6 Å². The maximum Gasteiger partial charge on any atom is 0.243 e. The molecule has 1 aliphatic rings. The molecule has 39 heavy (non-hydrogen) atoms. The number of carbonyl (C=O) groups excluding carboxylic acids is 2. The van der Waals surface area contributed by atoms with Crippen LogP contribution in [0, 0.1) is 0 Å². The average Bonchev–Trinajstić information content (AvgIpc) is 2.99. The smallest absolute Gasteiger partial charge is 0.243 e. The zero-order chi connectivity index (χ0) is 27.3. The summed E-state index contributed by atoms with van der Waals surface area (Å²) in [6.45, 7) is 0.943. The number of hydrogen-bond donors (Lipinski definition) is 1. The zero-order valence-corrected chi connectivity index (χ0v) is 23.0. The molecule has 1 N–H and O–H groups in total. The van der Waals surface area contributed by atoms with Gasteiger partial charge in [0.15, 0.2) is 0 Å². The monoisotopic (exact) mass is 524 g/mol. The molecule has 0 unspecified atom stereocenters. The summed E-state index contributed by atoms with van der Waals surface area (Å²) in [6.07, 6.45) is 9.34. The fourth-order valence-electron chi connectivity index (χ4n) is 5.12. The number of amides is 2. The fourth-order valence-corrected chi connectivity index (χ4v) is 5.12. The Morgan fingerprint density at radius 1 is 0.846 bits per heavy atom. The van der Waals surface area contributed by atoms with Crippen molar-refractivity contribution in [1.29, 1.82) is 0 Å². The van der Waals surface area contributed by atoms with E-state index in [1.807, 2.05) is 84.9 Å². The summed E-state index contributed by atoms with van der Waals surface area (Å²) in [5.74, 6) is 0.633. The molecule has 0 radical (unpaired) electrons. The average molecular weight is 525 g/mol. The maximum absolute atomic E-state index is 13.8. The molecule has 0 heterocycles. The first-order valence-corrected chi connectivity index (χ1v) is 14.1. The molecule has 0 saturated heterocycles. The quantitative estimate of drug-likeness (QED) is 0.268. The Bertz CT molecular complexity index is 1210. The predicted octanol–water partition coefficient (Wildman–Crippen LogP) is 6.27. The third kappa shape index (κ3) is 8.85. The first-order valence-electron chi connectivity index (χ1n) is 14.1. The van der Waals surface area contributed by atoms with Crippen LogP contribution in [0.25, 0.3) is 0 Å². The zero-order valence-electron chi connectivity index (χ0n) is 23.0. The lowest BCUT2D eigenvalue weighted by Gasteiger charge is -2.32. The van der Waals surface area contributed by atoms with E-state index in [-0.39, 0.29) is 11.8 Å². The number of methoxy groups -OCH3 is 1. The van der Waals surface area contributed by atoms with Gasteiger partial charge in [0.2, 0.25) is 11.8 Å². The second-order valence-electron chi connectivity index (χ2n) is 10.2. The molecule has 4 rings (SSSR count). The van der Waals surface area contributed by atoms with Crippen molar-refractivity contribution >= 4 is 11.8 Å². The molecular weight excluding hydrogens is 484 g/mol. The molecule has 3 aromatic carbocycles. The Morgan fingerprint density at radius 2 is 1.54 bits per heavy atom. The minimum Gasteiger partial charge on any atom is -0.497 e. The Morgan fingerprint density at radius 3 is 2.18 bits per heavy atom. The highest BCUT2D eigenvalue weighted by Crippen LogP contribution is 2.21. The molecule has 1 aliphatic carbocycles. The number of aryl methyl sites for hydroxylation is 1. The largest absolute Gasteiger partial charge is 0.497 e. The number of hydrogen-bond acceptors (Lipinski definition) is 3. The number of allylic oxidation sites excluding steroid dienone is 1. The Balaban J connectivity index is 1.55. The highest BCUT2D eigenvalue weighted by Gasteiger charge is 2.30. The normalized spacial score (nSPS) is 13.7. The number of nitrogens with zero attached hydrogens (tertiary/aromatic N) is 1. The summed E-state index contributed by atoms with van der Waals surface area (Å²) in [6, 6.07) is 27.1. The van der Waals surface area contributed by atoms with E-state index in [0.717, 1.165) is 41.7 Å². The molecule has 0 fully saturated rings. The first kappa shape index (κ1) is 28.2. The molecule has 0 bridgehead atoms. The highest BCUT2D eigenvalue weighted by molar-refractivity contribution is 5.88. The second kappa shape index (κ2) is 14.9. The Kier molecular flexibility index (Phi) is 10.8.